The van der Waals surface area contributed by atoms with Crippen LogP contribution >= 0.6 is 0 Å². The van der Waals surface area contributed by atoms with Gasteiger partial charge in [-0.15, -0.1) is 0 Å². The van der Waals surface area contributed by atoms with E-state index in [1.807, 2.05) is 18.2 Å². The molecule has 0 atom stereocenters. The molecule has 1 aliphatic carbocycles. The number of carbonyl (C=O) groups is 2. The Morgan fingerprint density at radius 1 is 1.18 bits per heavy atom. The van der Waals surface area contributed by atoms with Gasteiger partial charge in [-0.2, -0.15) is 0 Å². The fraction of sp³-hybridized carbons (Fsp3) is 0.412. The van der Waals surface area contributed by atoms with Crippen molar-refractivity contribution in [1.29, 1.82) is 0 Å². The maximum Gasteiger partial charge on any atom is 0.354 e. The molecule has 22 heavy (non-hydrogen) atoms. The van der Waals surface area contributed by atoms with Gasteiger partial charge in [0, 0.05) is 11.5 Å². The minimum atomic E-state index is -0.572. The third-order valence-corrected chi connectivity index (χ3v) is 3.83. The van der Waals surface area contributed by atoms with E-state index in [1.165, 1.54) is 7.11 Å². The van der Waals surface area contributed by atoms with Crippen molar-refractivity contribution in [3.63, 3.8) is 0 Å². The Bertz CT molecular complexity index is 574. The Balaban J connectivity index is 2.23. The Morgan fingerprint density at radius 2 is 1.86 bits per heavy atom. The zero-order valence-electron chi connectivity index (χ0n) is 12.9. The topological polar surface area (TPSA) is 64.6 Å². The van der Waals surface area contributed by atoms with E-state index in [9.17, 15) is 9.59 Å². The van der Waals surface area contributed by atoms with Crippen LogP contribution in [-0.2, 0) is 14.3 Å². The first-order valence-electron chi connectivity index (χ1n) is 7.39. The Hall–Kier alpha value is -2.30. The molecule has 0 saturated heterocycles. The molecule has 118 valence electrons. The molecule has 0 spiro atoms. The highest BCUT2D eigenvalue weighted by Crippen LogP contribution is 2.25. The largest absolute Gasteiger partial charge is 0.496 e. The van der Waals surface area contributed by atoms with Crippen LogP contribution in [0.1, 0.15) is 31.2 Å². The number of hydrogen-bond donors (Lipinski definition) is 1. The summed E-state index contributed by atoms with van der Waals surface area (Å²) in [6.07, 6.45) is 5.44. The molecule has 1 saturated carbocycles. The van der Waals surface area contributed by atoms with Gasteiger partial charge >= 0.3 is 5.97 Å². The lowest BCUT2D eigenvalue weighted by molar-refractivity contribution is -0.138. The summed E-state index contributed by atoms with van der Waals surface area (Å²) in [5.41, 5.74) is 0.834. The van der Waals surface area contributed by atoms with Crippen LogP contribution < -0.4 is 10.1 Å². The van der Waals surface area contributed by atoms with Gasteiger partial charge in [0.2, 0.25) is 5.91 Å². The summed E-state index contributed by atoms with van der Waals surface area (Å²) in [5.74, 6) is -0.0916. The van der Waals surface area contributed by atoms with E-state index in [2.05, 4.69) is 5.32 Å². The van der Waals surface area contributed by atoms with Crippen LogP contribution in [0.5, 0.6) is 5.75 Å². The molecule has 0 bridgehead atoms. The van der Waals surface area contributed by atoms with Crippen LogP contribution in [0.4, 0.5) is 0 Å². The van der Waals surface area contributed by atoms with E-state index >= 15 is 0 Å². The predicted octanol–water partition coefficient (Wildman–Crippen LogP) is 2.52. The second-order valence-electron chi connectivity index (χ2n) is 5.26. The number of nitrogens with one attached hydrogen (secondary N) is 1. The summed E-state index contributed by atoms with van der Waals surface area (Å²) < 4.78 is 10.0. The van der Waals surface area contributed by atoms with Crippen molar-refractivity contribution in [3.8, 4) is 5.75 Å². The molecule has 1 aromatic rings. The highest BCUT2D eigenvalue weighted by molar-refractivity contribution is 5.98. The molecular weight excluding hydrogens is 282 g/mol. The fourth-order valence-corrected chi connectivity index (χ4v) is 2.62. The zero-order valence-corrected chi connectivity index (χ0v) is 12.9. The van der Waals surface area contributed by atoms with Crippen LogP contribution in [0.2, 0.25) is 0 Å². The standard InChI is InChI=1S/C17H21NO4/c1-21-15-10-6-5-9-13(15)11-14(17(20)22-2)18-16(19)12-7-3-4-8-12/h5-6,9-12H,3-4,7-8H2,1-2H3,(H,18,19)/b14-11+. The summed E-state index contributed by atoms with van der Waals surface area (Å²) >= 11 is 0. The normalized spacial score (nSPS) is 15.5. The van der Waals surface area contributed by atoms with Gasteiger partial charge in [0.1, 0.15) is 11.4 Å². The highest BCUT2D eigenvalue weighted by atomic mass is 16.5. The van der Waals surface area contributed by atoms with Gasteiger partial charge in [0.25, 0.3) is 0 Å². The molecule has 1 aromatic carbocycles. The van der Waals surface area contributed by atoms with E-state index in [-0.39, 0.29) is 17.5 Å². The second-order valence-corrected chi connectivity index (χ2v) is 5.26. The fourth-order valence-electron chi connectivity index (χ4n) is 2.62. The van der Waals surface area contributed by atoms with Crippen molar-refractivity contribution in [2.75, 3.05) is 14.2 Å². The third kappa shape index (κ3) is 3.87. The van der Waals surface area contributed by atoms with E-state index in [0.29, 0.717) is 11.3 Å². The first kappa shape index (κ1) is 16.1. The van der Waals surface area contributed by atoms with Gasteiger partial charge < -0.3 is 14.8 Å². The molecule has 1 amide bonds. The summed E-state index contributed by atoms with van der Waals surface area (Å²) in [7, 11) is 2.85. The zero-order chi connectivity index (χ0) is 15.9. The van der Waals surface area contributed by atoms with Crippen LogP contribution in [0.15, 0.2) is 30.0 Å². The molecule has 0 radical (unpaired) electrons. The van der Waals surface area contributed by atoms with Crippen molar-refractivity contribution in [3.05, 3.63) is 35.5 Å². The van der Waals surface area contributed by atoms with E-state index in [1.54, 1.807) is 19.3 Å². The monoisotopic (exact) mass is 303 g/mol. The lowest BCUT2D eigenvalue weighted by atomic mass is 10.1. The van der Waals surface area contributed by atoms with Gasteiger partial charge in [-0.1, -0.05) is 31.0 Å². The van der Waals surface area contributed by atoms with Gasteiger partial charge in [-0.3, -0.25) is 4.79 Å². The second kappa shape index (κ2) is 7.64. The lowest BCUT2D eigenvalue weighted by Crippen LogP contribution is -2.32. The molecular formula is C17H21NO4. The number of methoxy groups -OCH3 is 2. The summed E-state index contributed by atoms with van der Waals surface area (Å²) in [6.45, 7) is 0. The maximum atomic E-state index is 12.2. The number of hydrogen-bond acceptors (Lipinski definition) is 4. The van der Waals surface area contributed by atoms with E-state index in [0.717, 1.165) is 25.7 Å². The quantitative estimate of drug-likeness (QED) is 0.670. The van der Waals surface area contributed by atoms with Gasteiger partial charge in [0.15, 0.2) is 0 Å². The number of ether oxygens (including phenoxy) is 2. The average Bonchev–Trinajstić information content (AvgIpc) is 3.08. The molecule has 0 unspecified atom stereocenters. The molecule has 1 aliphatic rings. The van der Waals surface area contributed by atoms with Crippen LogP contribution in [0.25, 0.3) is 6.08 Å². The number of esters is 1. The predicted molar refractivity (Wildman–Crippen MR) is 83.1 cm³/mol. The number of para-hydroxylation sites is 1. The van der Waals surface area contributed by atoms with Gasteiger partial charge in [0.05, 0.1) is 14.2 Å². The minimum Gasteiger partial charge on any atom is -0.496 e. The smallest absolute Gasteiger partial charge is 0.354 e. The average molecular weight is 303 g/mol. The Kier molecular flexibility index (Phi) is 5.58. The molecule has 0 aliphatic heterocycles. The molecule has 1 N–H and O–H groups in total. The van der Waals surface area contributed by atoms with Crippen molar-refractivity contribution in [1.82, 2.24) is 5.32 Å². The van der Waals surface area contributed by atoms with Crippen molar-refractivity contribution in [2.45, 2.75) is 25.7 Å². The Labute approximate surface area is 130 Å². The molecule has 2 rings (SSSR count). The number of amides is 1. The molecule has 1 fully saturated rings. The number of rotatable bonds is 5. The molecule has 5 heteroatoms. The SMILES string of the molecule is COC(=O)/C(=C\c1ccccc1OC)NC(=O)C1CCCC1. The highest BCUT2D eigenvalue weighted by Gasteiger charge is 2.25. The van der Waals surface area contributed by atoms with Gasteiger partial charge in [-0.05, 0) is 25.0 Å². The van der Waals surface area contributed by atoms with Crippen LogP contribution in [-0.4, -0.2) is 26.1 Å². The number of carbonyl (C=O) groups excluding carboxylic acids is 2. The lowest BCUT2D eigenvalue weighted by Gasteiger charge is -2.13. The summed E-state index contributed by atoms with van der Waals surface area (Å²) in [6, 6.07) is 7.27. The molecule has 0 aromatic heterocycles. The van der Waals surface area contributed by atoms with E-state index < -0.39 is 5.97 Å². The van der Waals surface area contributed by atoms with Crippen LogP contribution in [0.3, 0.4) is 0 Å². The first-order chi connectivity index (χ1) is 10.7. The number of benzene rings is 1. The first-order valence-corrected chi connectivity index (χ1v) is 7.39. The van der Waals surface area contributed by atoms with Crippen molar-refractivity contribution >= 4 is 18.0 Å². The minimum absolute atomic E-state index is 0.0225. The summed E-state index contributed by atoms with van der Waals surface area (Å²) in [4.78, 5) is 24.2. The molecule has 5 nitrogen and oxygen atoms in total. The third-order valence-electron chi connectivity index (χ3n) is 3.83. The van der Waals surface area contributed by atoms with Crippen molar-refractivity contribution in [2.24, 2.45) is 5.92 Å². The van der Waals surface area contributed by atoms with E-state index in [4.69, 9.17) is 9.47 Å². The summed E-state index contributed by atoms with van der Waals surface area (Å²) in [5, 5.41) is 2.70. The maximum absolute atomic E-state index is 12.2. The van der Waals surface area contributed by atoms with Crippen molar-refractivity contribution < 1.29 is 19.1 Å². The molecule has 0 heterocycles. The van der Waals surface area contributed by atoms with Gasteiger partial charge in [-0.25, -0.2) is 4.79 Å². The Morgan fingerprint density at radius 3 is 2.50 bits per heavy atom. The van der Waals surface area contributed by atoms with Crippen LogP contribution in [0, 0.1) is 5.92 Å².